The highest BCUT2D eigenvalue weighted by molar-refractivity contribution is 7.89. The van der Waals surface area contributed by atoms with Gasteiger partial charge in [0.25, 0.3) is 5.78 Å². The van der Waals surface area contributed by atoms with Crippen LogP contribution in [0.25, 0.3) is 5.78 Å². The Morgan fingerprint density at radius 2 is 1.78 bits per heavy atom. The molecule has 0 amide bonds. The second-order valence-corrected chi connectivity index (χ2v) is 7.20. The molecule has 0 unspecified atom stereocenters. The van der Waals surface area contributed by atoms with Crippen LogP contribution in [0, 0.1) is 20.8 Å². The van der Waals surface area contributed by atoms with Crippen LogP contribution in [0.4, 0.5) is 0 Å². The Hall–Kier alpha value is -2.32. The first-order chi connectivity index (χ1) is 10.9. The molecule has 0 spiro atoms. The third-order valence-corrected chi connectivity index (χ3v) is 4.93. The molecule has 0 bridgehead atoms. The molecule has 8 heteroatoms. The van der Waals surface area contributed by atoms with Crippen LogP contribution < -0.4 is 4.72 Å². The lowest BCUT2D eigenvalue weighted by Gasteiger charge is -2.07. The quantitative estimate of drug-likeness (QED) is 0.783. The molecule has 1 aromatic carbocycles. The van der Waals surface area contributed by atoms with E-state index in [-0.39, 0.29) is 11.4 Å². The zero-order valence-corrected chi connectivity index (χ0v) is 13.9. The van der Waals surface area contributed by atoms with Crippen molar-refractivity contribution in [3.63, 3.8) is 0 Å². The van der Waals surface area contributed by atoms with Crippen LogP contribution in [0.2, 0.25) is 0 Å². The summed E-state index contributed by atoms with van der Waals surface area (Å²) in [5, 5.41) is 8.02. The summed E-state index contributed by atoms with van der Waals surface area (Å²) in [7, 11) is -3.59. The number of nitrogens with zero attached hydrogens (tertiary/aromatic N) is 4. The van der Waals surface area contributed by atoms with Gasteiger partial charge in [-0.25, -0.2) is 18.1 Å². The van der Waals surface area contributed by atoms with Gasteiger partial charge in [-0.05, 0) is 39.0 Å². The van der Waals surface area contributed by atoms with E-state index in [0.717, 1.165) is 17.0 Å². The van der Waals surface area contributed by atoms with Gasteiger partial charge in [0, 0.05) is 11.4 Å². The largest absolute Gasteiger partial charge is 0.266 e. The Balaban J connectivity index is 1.87. The maximum atomic E-state index is 12.3. The molecular weight excluding hydrogens is 314 g/mol. The Morgan fingerprint density at radius 1 is 1.09 bits per heavy atom. The first-order valence-electron chi connectivity index (χ1n) is 7.11. The van der Waals surface area contributed by atoms with Crippen molar-refractivity contribution < 1.29 is 8.42 Å². The summed E-state index contributed by atoms with van der Waals surface area (Å²) < 4.78 is 29.0. The molecule has 3 aromatic rings. The fourth-order valence-corrected chi connectivity index (χ4v) is 3.35. The molecule has 0 saturated carbocycles. The summed E-state index contributed by atoms with van der Waals surface area (Å²) in [6.07, 6.45) is 0. The van der Waals surface area contributed by atoms with Crippen LogP contribution >= 0.6 is 0 Å². The van der Waals surface area contributed by atoms with E-state index < -0.39 is 10.0 Å². The molecule has 0 fully saturated rings. The highest BCUT2D eigenvalue weighted by Gasteiger charge is 2.16. The Kier molecular flexibility index (Phi) is 3.87. The smallest absolute Gasteiger partial charge is 0.255 e. The van der Waals surface area contributed by atoms with Crippen LogP contribution in [-0.2, 0) is 16.6 Å². The molecule has 2 aromatic heterocycles. The van der Waals surface area contributed by atoms with Gasteiger partial charge in [0.1, 0.15) is 0 Å². The van der Waals surface area contributed by atoms with E-state index in [1.165, 1.54) is 0 Å². The van der Waals surface area contributed by atoms with E-state index in [1.54, 1.807) is 28.7 Å². The zero-order valence-electron chi connectivity index (χ0n) is 13.1. The predicted octanol–water partition coefficient (Wildman–Crippen LogP) is 1.53. The predicted molar refractivity (Wildman–Crippen MR) is 85.5 cm³/mol. The summed E-state index contributed by atoms with van der Waals surface area (Å²) in [6, 6.07) is 8.58. The third-order valence-electron chi connectivity index (χ3n) is 3.51. The number of hydrogen-bond donors (Lipinski definition) is 1. The number of aromatic nitrogens is 4. The Bertz CT molecular complexity index is 961. The van der Waals surface area contributed by atoms with E-state index in [1.807, 2.05) is 26.8 Å². The number of fused-ring (bicyclic) bond motifs is 1. The fourth-order valence-electron chi connectivity index (χ4n) is 2.37. The van der Waals surface area contributed by atoms with Gasteiger partial charge in [-0.15, -0.1) is 10.2 Å². The number of benzene rings is 1. The van der Waals surface area contributed by atoms with Crippen molar-refractivity contribution in [2.45, 2.75) is 32.2 Å². The molecule has 0 aliphatic heterocycles. The minimum absolute atomic E-state index is 0.0446. The molecule has 0 aliphatic rings. The molecule has 7 nitrogen and oxygen atoms in total. The summed E-state index contributed by atoms with van der Waals surface area (Å²) >= 11 is 0. The van der Waals surface area contributed by atoms with Crippen molar-refractivity contribution in [1.29, 1.82) is 0 Å². The second kappa shape index (κ2) is 5.71. The summed E-state index contributed by atoms with van der Waals surface area (Å²) in [4.78, 5) is 4.51. The molecule has 1 N–H and O–H groups in total. The topological polar surface area (TPSA) is 89.2 Å². The lowest BCUT2D eigenvalue weighted by molar-refractivity contribution is 0.578. The van der Waals surface area contributed by atoms with Crippen molar-refractivity contribution in [3.8, 4) is 0 Å². The molecule has 23 heavy (non-hydrogen) atoms. The molecule has 0 saturated heterocycles. The number of nitrogens with one attached hydrogen (secondary N) is 1. The standard InChI is InChI=1S/C15H17N5O2S/c1-10-4-6-13(7-5-10)23(21,22)16-9-14-18-19-15-17-11(2)8-12(3)20(14)15/h4-8,16H,9H2,1-3H3. The maximum Gasteiger partial charge on any atom is 0.255 e. The average Bonchev–Trinajstić information content (AvgIpc) is 2.89. The van der Waals surface area contributed by atoms with Crippen molar-refractivity contribution in [3.05, 3.63) is 53.1 Å². The number of aryl methyl sites for hydroxylation is 3. The molecule has 3 rings (SSSR count). The van der Waals surface area contributed by atoms with E-state index >= 15 is 0 Å². The van der Waals surface area contributed by atoms with E-state index in [0.29, 0.717) is 11.6 Å². The van der Waals surface area contributed by atoms with Crippen molar-refractivity contribution in [1.82, 2.24) is 24.3 Å². The molecule has 120 valence electrons. The number of sulfonamides is 1. The first-order valence-corrected chi connectivity index (χ1v) is 8.60. The van der Waals surface area contributed by atoms with Crippen molar-refractivity contribution >= 4 is 15.8 Å². The van der Waals surface area contributed by atoms with Gasteiger partial charge in [0.2, 0.25) is 10.0 Å². The van der Waals surface area contributed by atoms with Gasteiger partial charge >= 0.3 is 0 Å². The van der Waals surface area contributed by atoms with E-state index in [2.05, 4.69) is 19.9 Å². The Morgan fingerprint density at radius 3 is 2.48 bits per heavy atom. The highest BCUT2D eigenvalue weighted by Crippen LogP contribution is 2.12. The number of hydrogen-bond acceptors (Lipinski definition) is 5. The van der Waals surface area contributed by atoms with Gasteiger partial charge in [-0.1, -0.05) is 17.7 Å². The van der Waals surface area contributed by atoms with Crippen LogP contribution in [-0.4, -0.2) is 28.0 Å². The number of rotatable bonds is 4. The Labute approximate surface area is 134 Å². The third kappa shape index (κ3) is 3.08. The minimum atomic E-state index is -3.59. The second-order valence-electron chi connectivity index (χ2n) is 5.43. The normalized spacial score (nSPS) is 12.0. The van der Waals surface area contributed by atoms with Crippen LogP contribution in [0.5, 0.6) is 0 Å². The first kappa shape index (κ1) is 15.6. The zero-order chi connectivity index (χ0) is 16.6. The molecular formula is C15H17N5O2S. The summed E-state index contributed by atoms with van der Waals surface area (Å²) in [5.41, 5.74) is 2.75. The van der Waals surface area contributed by atoms with Crippen molar-refractivity contribution in [2.24, 2.45) is 0 Å². The van der Waals surface area contributed by atoms with Crippen LogP contribution in [0.1, 0.15) is 22.8 Å². The lowest BCUT2D eigenvalue weighted by atomic mass is 10.2. The molecule has 0 radical (unpaired) electrons. The van der Waals surface area contributed by atoms with E-state index in [9.17, 15) is 8.42 Å². The lowest BCUT2D eigenvalue weighted by Crippen LogP contribution is -2.24. The maximum absolute atomic E-state index is 12.3. The molecule has 0 aliphatic carbocycles. The monoisotopic (exact) mass is 331 g/mol. The molecule has 2 heterocycles. The van der Waals surface area contributed by atoms with Crippen LogP contribution in [0.15, 0.2) is 35.2 Å². The molecule has 0 atom stereocenters. The van der Waals surface area contributed by atoms with Gasteiger partial charge in [-0.3, -0.25) is 4.40 Å². The highest BCUT2D eigenvalue weighted by atomic mass is 32.2. The minimum Gasteiger partial charge on any atom is -0.266 e. The van der Waals surface area contributed by atoms with E-state index in [4.69, 9.17) is 0 Å². The summed E-state index contributed by atoms with van der Waals surface area (Å²) in [5.74, 6) is 0.965. The van der Waals surface area contributed by atoms with Gasteiger partial charge in [0.05, 0.1) is 11.4 Å². The van der Waals surface area contributed by atoms with Gasteiger partial charge in [-0.2, -0.15) is 0 Å². The average molecular weight is 331 g/mol. The SMILES string of the molecule is Cc1ccc(S(=O)(=O)NCc2nnc3nc(C)cc(C)n23)cc1. The van der Waals surface area contributed by atoms with Crippen LogP contribution in [0.3, 0.4) is 0 Å². The fraction of sp³-hybridized carbons (Fsp3) is 0.267. The summed E-state index contributed by atoms with van der Waals surface area (Å²) in [6.45, 7) is 5.73. The van der Waals surface area contributed by atoms with Gasteiger partial charge < -0.3 is 0 Å². The van der Waals surface area contributed by atoms with Gasteiger partial charge in [0.15, 0.2) is 5.82 Å². The van der Waals surface area contributed by atoms with Crippen molar-refractivity contribution in [2.75, 3.05) is 0 Å².